The standard InChI is InChI=1S/C11H12ClNO4S/c12-18(16,17)9-2-1-8-3-4-13(5-6-14)11(15)10(8)7-9/h1-2,7,14H,3-6H2. The molecule has 0 aliphatic carbocycles. The van der Waals surface area contributed by atoms with Gasteiger partial charge in [0.15, 0.2) is 0 Å². The molecule has 1 amide bonds. The Bertz CT molecular complexity index is 585. The molecule has 0 fully saturated rings. The average molecular weight is 290 g/mol. The molecule has 0 saturated heterocycles. The minimum atomic E-state index is -3.84. The minimum Gasteiger partial charge on any atom is -0.395 e. The van der Waals surface area contributed by atoms with E-state index in [2.05, 4.69) is 0 Å². The molecule has 1 aromatic rings. The number of aliphatic hydroxyl groups is 1. The maximum Gasteiger partial charge on any atom is 0.261 e. The monoisotopic (exact) mass is 289 g/mol. The summed E-state index contributed by atoms with van der Waals surface area (Å²) in [5.41, 5.74) is 1.15. The van der Waals surface area contributed by atoms with E-state index in [1.807, 2.05) is 0 Å². The summed E-state index contributed by atoms with van der Waals surface area (Å²) in [6.45, 7) is 0.657. The Morgan fingerprint density at radius 1 is 1.39 bits per heavy atom. The second-order valence-electron chi connectivity index (χ2n) is 4.02. The summed E-state index contributed by atoms with van der Waals surface area (Å²) in [5, 5.41) is 8.86. The van der Waals surface area contributed by atoms with Gasteiger partial charge in [0, 0.05) is 29.3 Å². The van der Waals surface area contributed by atoms with Crippen molar-refractivity contribution in [2.45, 2.75) is 11.3 Å². The average Bonchev–Trinajstić information content (AvgIpc) is 2.31. The Kier molecular flexibility index (Phi) is 3.61. The molecule has 2 rings (SSSR count). The van der Waals surface area contributed by atoms with Gasteiger partial charge in [-0.1, -0.05) is 6.07 Å². The Morgan fingerprint density at radius 2 is 2.11 bits per heavy atom. The van der Waals surface area contributed by atoms with E-state index in [1.54, 1.807) is 6.07 Å². The van der Waals surface area contributed by atoms with E-state index in [4.69, 9.17) is 15.8 Å². The Labute approximate surface area is 109 Å². The normalized spacial score (nSPS) is 15.7. The summed E-state index contributed by atoms with van der Waals surface area (Å²) in [5.74, 6) is -0.271. The lowest BCUT2D eigenvalue weighted by Crippen LogP contribution is -2.39. The van der Waals surface area contributed by atoms with Crippen molar-refractivity contribution in [1.29, 1.82) is 0 Å². The number of aliphatic hydroxyl groups excluding tert-OH is 1. The van der Waals surface area contributed by atoms with Crippen molar-refractivity contribution in [3.05, 3.63) is 29.3 Å². The predicted octanol–water partition coefficient (Wildman–Crippen LogP) is 0.605. The van der Waals surface area contributed by atoms with Crippen molar-refractivity contribution in [1.82, 2.24) is 4.90 Å². The summed E-state index contributed by atoms with van der Waals surface area (Å²) in [4.78, 5) is 13.5. The van der Waals surface area contributed by atoms with Gasteiger partial charge in [-0.25, -0.2) is 8.42 Å². The van der Waals surface area contributed by atoms with Gasteiger partial charge < -0.3 is 10.0 Å². The molecule has 1 aliphatic rings. The van der Waals surface area contributed by atoms with Crippen LogP contribution in [-0.2, 0) is 15.5 Å². The zero-order valence-electron chi connectivity index (χ0n) is 9.47. The number of carbonyl (C=O) groups excluding carboxylic acids is 1. The van der Waals surface area contributed by atoms with Crippen molar-refractivity contribution in [2.75, 3.05) is 19.7 Å². The van der Waals surface area contributed by atoms with Gasteiger partial charge in [0.1, 0.15) is 0 Å². The van der Waals surface area contributed by atoms with Crippen molar-refractivity contribution >= 4 is 25.6 Å². The smallest absolute Gasteiger partial charge is 0.261 e. The van der Waals surface area contributed by atoms with E-state index in [-0.39, 0.29) is 24.0 Å². The van der Waals surface area contributed by atoms with Gasteiger partial charge in [-0.05, 0) is 24.1 Å². The highest BCUT2D eigenvalue weighted by molar-refractivity contribution is 8.13. The Hall–Kier alpha value is -1.11. The summed E-state index contributed by atoms with van der Waals surface area (Å²) in [6, 6.07) is 4.30. The van der Waals surface area contributed by atoms with Gasteiger partial charge in [-0.3, -0.25) is 4.79 Å². The van der Waals surface area contributed by atoms with Crippen LogP contribution < -0.4 is 0 Å². The molecule has 0 bridgehead atoms. The van der Waals surface area contributed by atoms with Crippen LogP contribution in [-0.4, -0.2) is 44.0 Å². The Morgan fingerprint density at radius 3 is 2.72 bits per heavy atom. The van der Waals surface area contributed by atoms with Gasteiger partial charge in [-0.2, -0.15) is 0 Å². The van der Waals surface area contributed by atoms with Crippen LogP contribution in [0.2, 0.25) is 0 Å². The number of hydrogen-bond donors (Lipinski definition) is 1. The van der Waals surface area contributed by atoms with Crippen LogP contribution in [0.4, 0.5) is 0 Å². The summed E-state index contributed by atoms with van der Waals surface area (Å²) < 4.78 is 22.5. The molecule has 0 unspecified atom stereocenters. The van der Waals surface area contributed by atoms with Crippen LogP contribution >= 0.6 is 10.7 Å². The first-order valence-corrected chi connectivity index (χ1v) is 7.72. The van der Waals surface area contributed by atoms with Crippen LogP contribution in [0.1, 0.15) is 15.9 Å². The topological polar surface area (TPSA) is 74.7 Å². The zero-order chi connectivity index (χ0) is 13.3. The summed E-state index contributed by atoms with van der Waals surface area (Å²) in [6.07, 6.45) is 0.643. The number of hydrogen-bond acceptors (Lipinski definition) is 4. The number of benzene rings is 1. The quantitative estimate of drug-likeness (QED) is 0.827. The van der Waals surface area contributed by atoms with Gasteiger partial charge >= 0.3 is 0 Å². The second-order valence-corrected chi connectivity index (χ2v) is 6.59. The summed E-state index contributed by atoms with van der Waals surface area (Å²) in [7, 11) is 1.42. The maximum atomic E-state index is 12.1. The first-order chi connectivity index (χ1) is 8.43. The molecule has 0 aromatic heterocycles. The first-order valence-electron chi connectivity index (χ1n) is 5.41. The molecule has 0 atom stereocenters. The third-order valence-electron chi connectivity index (χ3n) is 2.90. The number of nitrogens with zero attached hydrogens (tertiary/aromatic N) is 1. The molecule has 7 heteroatoms. The number of rotatable bonds is 3. The van der Waals surface area contributed by atoms with Crippen molar-refractivity contribution < 1.29 is 18.3 Å². The highest BCUT2D eigenvalue weighted by Gasteiger charge is 2.25. The van der Waals surface area contributed by atoms with Crippen molar-refractivity contribution in [3.8, 4) is 0 Å². The molecule has 1 N–H and O–H groups in total. The highest BCUT2D eigenvalue weighted by Crippen LogP contribution is 2.24. The van der Waals surface area contributed by atoms with Crippen LogP contribution in [0.5, 0.6) is 0 Å². The molecule has 0 radical (unpaired) electrons. The van der Waals surface area contributed by atoms with Crippen molar-refractivity contribution in [3.63, 3.8) is 0 Å². The molecule has 0 saturated carbocycles. The lowest BCUT2D eigenvalue weighted by Gasteiger charge is -2.28. The lowest BCUT2D eigenvalue weighted by atomic mass is 9.99. The SMILES string of the molecule is O=C1c2cc(S(=O)(=O)Cl)ccc2CCN1CCO. The fourth-order valence-corrected chi connectivity index (χ4v) is 2.76. The molecule has 1 aliphatic heterocycles. The van der Waals surface area contributed by atoms with Crippen LogP contribution in [0.15, 0.2) is 23.1 Å². The fourth-order valence-electron chi connectivity index (χ4n) is 1.99. The van der Waals surface area contributed by atoms with E-state index in [0.29, 0.717) is 18.5 Å². The number of carbonyl (C=O) groups is 1. The van der Waals surface area contributed by atoms with Gasteiger partial charge in [0.2, 0.25) is 0 Å². The molecule has 98 valence electrons. The molecule has 1 heterocycles. The third-order valence-corrected chi connectivity index (χ3v) is 4.25. The van der Waals surface area contributed by atoms with E-state index in [1.165, 1.54) is 17.0 Å². The first kappa shape index (κ1) is 13.3. The van der Waals surface area contributed by atoms with Crippen LogP contribution in [0.25, 0.3) is 0 Å². The molecule has 0 spiro atoms. The summed E-state index contributed by atoms with van der Waals surface area (Å²) >= 11 is 0. The number of halogens is 1. The van der Waals surface area contributed by atoms with Gasteiger partial charge in [0.25, 0.3) is 15.0 Å². The zero-order valence-corrected chi connectivity index (χ0v) is 11.0. The van der Waals surface area contributed by atoms with E-state index in [9.17, 15) is 13.2 Å². The van der Waals surface area contributed by atoms with Crippen molar-refractivity contribution in [2.24, 2.45) is 0 Å². The van der Waals surface area contributed by atoms with E-state index >= 15 is 0 Å². The van der Waals surface area contributed by atoms with Crippen LogP contribution in [0.3, 0.4) is 0 Å². The van der Waals surface area contributed by atoms with Crippen LogP contribution in [0, 0.1) is 0 Å². The van der Waals surface area contributed by atoms with E-state index in [0.717, 1.165) is 5.56 Å². The molecule has 1 aromatic carbocycles. The fraction of sp³-hybridized carbons (Fsp3) is 0.364. The molecular weight excluding hydrogens is 278 g/mol. The predicted molar refractivity (Wildman–Crippen MR) is 66.2 cm³/mol. The molecule has 5 nitrogen and oxygen atoms in total. The van der Waals surface area contributed by atoms with E-state index < -0.39 is 9.05 Å². The third kappa shape index (κ3) is 2.50. The highest BCUT2D eigenvalue weighted by atomic mass is 35.7. The number of fused-ring (bicyclic) bond motifs is 1. The minimum absolute atomic E-state index is 0.0814. The van der Waals surface area contributed by atoms with Gasteiger partial charge in [-0.15, -0.1) is 0 Å². The second kappa shape index (κ2) is 4.87. The number of amides is 1. The number of β-amino-alcohol motifs (C(OH)–C–C–N with tert-alkyl or cyclic N) is 1. The molecule has 18 heavy (non-hydrogen) atoms. The lowest BCUT2D eigenvalue weighted by molar-refractivity contribution is 0.0705. The maximum absolute atomic E-state index is 12.1. The largest absolute Gasteiger partial charge is 0.395 e. The Balaban J connectivity index is 2.43. The molecular formula is C11H12ClNO4S. The van der Waals surface area contributed by atoms with Gasteiger partial charge in [0.05, 0.1) is 11.5 Å².